The SMILES string of the molecule is O.O=[N+]([O-])Nc1ccccc1-c1ccccc1. The van der Waals surface area contributed by atoms with Crippen LogP contribution in [0.25, 0.3) is 11.1 Å². The summed E-state index contributed by atoms with van der Waals surface area (Å²) in [6, 6.07) is 16.7. The second-order valence-electron chi connectivity index (χ2n) is 3.28. The summed E-state index contributed by atoms with van der Waals surface area (Å²) >= 11 is 0. The molecule has 0 radical (unpaired) electrons. The zero-order chi connectivity index (χ0) is 11.4. The van der Waals surface area contributed by atoms with Crippen molar-refractivity contribution in [2.75, 3.05) is 5.43 Å². The fourth-order valence-electron chi connectivity index (χ4n) is 1.55. The molecule has 0 aliphatic rings. The zero-order valence-corrected chi connectivity index (χ0v) is 8.96. The molecule has 0 aliphatic carbocycles. The third-order valence-corrected chi connectivity index (χ3v) is 2.22. The lowest BCUT2D eigenvalue weighted by Gasteiger charge is -2.06. The van der Waals surface area contributed by atoms with E-state index in [1.165, 1.54) is 0 Å². The first kappa shape index (κ1) is 12.7. The normalized spacial score (nSPS) is 9.18. The molecule has 5 nitrogen and oxygen atoms in total. The van der Waals surface area contributed by atoms with Crippen molar-refractivity contribution in [3.05, 3.63) is 64.7 Å². The number of nitrogens with zero attached hydrogens (tertiary/aromatic N) is 1. The van der Waals surface area contributed by atoms with Crippen LogP contribution in [0.3, 0.4) is 0 Å². The van der Waals surface area contributed by atoms with Gasteiger partial charge in [-0.2, -0.15) is 0 Å². The molecule has 0 bridgehead atoms. The maximum absolute atomic E-state index is 10.4. The summed E-state index contributed by atoms with van der Waals surface area (Å²) < 4.78 is 0. The zero-order valence-electron chi connectivity index (χ0n) is 8.96. The van der Waals surface area contributed by atoms with Gasteiger partial charge in [-0.3, -0.25) is 0 Å². The molecule has 0 aliphatic heterocycles. The predicted molar refractivity (Wildman–Crippen MR) is 66.1 cm³/mol. The average molecular weight is 232 g/mol. The van der Waals surface area contributed by atoms with Gasteiger partial charge in [-0.15, -0.1) is 5.43 Å². The highest BCUT2D eigenvalue weighted by molar-refractivity contribution is 5.76. The number of nitrogens with one attached hydrogen (secondary N) is 1. The summed E-state index contributed by atoms with van der Waals surface area (Å²) in [6.07, 6.45) is 0. The van der Waals surface area contributed by atoms with Crippen LogP contribution >= 0.6 is 0 Å². The van der Waals surface area contributed by atoms with Crippen molar-refractivity contribution in [1.29, 1.82) is 0 Å². The largest absolute Gasteiger partial charge is 0.412 e. The molecular weight excluding hydrogens is 220 g/mol. The van der Waals surface area contributed by atoms with Gasteiger partial charge < -0.3 is 5.48 Å². The van der Waals surface area contributed by atoms with Crippen LogP contribution in [-0.2, 0) is 0 Å². The summed E-state index contributed by atoms with van der Waals surface area (Å²) in [5, 5.41) is 9.89. The molecule has 0 aromatic heterocycles. The molecule has 0 unspecified atom stereocenters. The molecule has 0 saturated heterocycles. The minimum absolute atomic E-state index is 0. The van der Waals surface area contributed by atoms with Gasteiger partial charge in [0.15, 0.2) is 5.03 Å². The van der Waals surface area contributed by atoms with Crippen LogP contribution in [0.4, 0.5) is 5.69 Å². The molecule has 2 rings (SSSR count). The van der Waals surface area contributed by atoms with Crippen molar-refractivity contribution in [2.45, 2.75) is 0 Å². The van der Waals surface area contributed by atoms with Crippen molar-refractivity contribution in [3.8, 4) is 11.1 Å². The van der Waals surface area contributed by atoms with Gasteiger partial charge in [-0.05, 0) is 11.6 Å². The highest BCUT2D eigenvalue weighted by Crippen LogP contribution is 2.27. The average Bonchev–Trinajstić information content (AvgIpc) is 2.30. The van der Waals surface area contributed by atoms with Gasteiger partial charge in [0.05, 0.1) is 0 Å². The second kappa shape index (κ2) is 5.62. The molecule has 5 heteroatoms. The third-order valence-electron chi connectivity index (χ3n) is 2.22. The van der Waals surface area contributed by atoms with Gasteiger partial charge in [0.1, 0.15) is 5.69 Å². The molecule has 17 heavy (non-hydrogen) atoms. The predicted octanol–water partition coefficient (Wildman–Crippen LogP) is 2.13. The third kappa shape index (κ3) is 3.02. The number of nitro groups is 1. The Morgan fingerprint density at radius 1 is 0.941 bits per heavy atom. The fourth-order valence-corrected chi connectivity index (χ4v) is 1.55. The Kier molecular flexibility index (Phi) is 4.19. The minimum atomic E-state index is -0.554. The second-order valence-corrected chi connectivity index (χ2v) is 3.28. The standard InChI is InChI=1S/C12H10N2O2.H2O/c15-14(16)13-12-9-5-4-8-11(12)10-6-2-1-3-7-10;/h1-9,13H;1H2. The van der Waals surface area contributed by atoms with Crippen molar-refractivity contribution in [1.82, 2.24) is 0 Å². The maximum atomic E-state index is 10.4. The van der Waals surface area contributed by atoms with Gasteiger partial charge in [0.2, 0.25) is 0 Å². The number of hydrazine groups is 1. The number of anilines is 1. The molecule has 0 spiro atoms. The van der Waals surface area contributed by atoms with E-state index in [2.05, 4.69) is 5.43 Å². The summed E-state index contributed by atoms with van der Waals surface area (Å²) in [5.41, 5.74) is 4.46. The van der Waals surface area contributed by atoms with E-state index in [4.69, 9.17) is 0 Å². The summed E-state index contributed by atoms with van der Waals surface area (Å²) in [7, 11) is 0. The Morgan fingerprint density at radius 2 is 1.53 bits per heavy atom. The van der Waals surface area contributed by atoms with E-state index in [0.29, 0.717) is 5.69 Å². The van der Waals surface area contributed by atoms with Crippen LogP contribution in [0.2, 0.25) is 0 Å². The number of rotatable bonds is 3. The molecule has 0 heterocycles. The van der Waals surface area contributed by atoms with E-state index in [1.807, 2.05) is 42.5 Å². The lowest BCUT2D eigenvalue weighted by molar-refractivity contribution is -0.445. The quantitative estimate of drug-likeness (QED) is 0.649. The Labute approximate surface area is 98.1 Å². The molecule has 0 saturated carbocycles. The van der Waals surface area contributed by atoms with Crippen LogP contribution < -0.4 is 5.43 Å². The summed E-state index contributed by atoms with van der Waals surface area (Å²) in [5.74, 6) is 0. The summed E-state index contributed by atoms with van der Waals surface area (Å²) in [4.78, 5) is 10.4. The molecule has 0 amide bonds. The Balaban J connectivity index is 0.00000144. The first-order valence-corrected chi connectivity index (χ1v) is 4.83. The van der Waals surface area contributed by atoms with Gasteiger partial charge in [0, 0.05) is 5.56 Å². The van der Waals surface area contributed by atoms with Gasteiger partial charge >= 0.3 is 0 Å². The Bertz CT molecular complexity index is 500. The Morgan fingerprint density at radius 3 is 2.18 bits per heavy atom. The van der Waals surface area contributed by atoms with E-state index in [1.54, 1.807) is 12.1 Å². The smallest absolute Gasteiger partial charge is 0.162 e. The number of hydrogen-bond acceptors (Lipinski definition) is 2. The van der Waals surface area contributed by atoms with Crippen molar-refractivity contribution in [3.63, 3.8) is 0 Å². The highest BCUT2D eigenvalue weighted by atomic mass is 16.7. The lowest BCUT2D eigenvalue weighted by Crippen LogP contribution is -2.08. The van der Waals surface area contributed by atoms with Crippen LogP contribution in [0, 0.1) is 10.1 Å². The van der Waals surface area contributed by atoms with E-state index in [9.17, 15) is 10.1 Å². The number of hydrogen-bond donors (Lipinski definition) is 1. The Hall–Kier alpha value is -2.40. The van der Waals surface area contributed by atoms with Gasteiger partial charge in [-0.1, -0.05) is 48.5 Å². The number of benzene rings is 2. The van der Waals surface area contributed by atoms with E-state index in [-0.39, 0.29) is 5.48 Å². The fraction of sp³-hybridized carbons (Fsp3) is 0. The molecule has 2 aromatic rings. The monoisotopic (exact) mass is 232 g/mol. The molecular formula is C12H12N2O3. The van der Waals surface area contributed by atoms with Crippen LogP contribution in [0.15, 0.2) is 54.6 Å². The highest BCUT2D eigenvalue weighted by Gasteiger charge is 2.07. The first-order valence-electron chi connectivity index (χ1n) is 4.83. The topological polar surface area (TPSA) is 86.7 Å². The van der Waals surface area contributed by atoms with Crippen LogP contribution in [0.1, 0.15) is 0 Å². The molecule has 0 fully saturated rings. The molecule has 0 atom stereocenters. The minimum Gasteiger partial charge on any atom is -0.412 e. The van der Waals surface area contributed by atoms with Crippen molar-refractivity contribution >= 4 is 5.69 Å². The van der Waals surface area contributed by atoms with Gasteiger partial charge in [0.25, 0.3) is 0 Å². The van der Waals surface area contributed by atoms with Crippen LogP contribution in [-0.4, -0.2) is 10.5 Å². The van der Waals surface area contributed by atoms with E-state index >= 15 is 0 Å². The summed E-state index contributed by atoms with van der Waals surface area (Å²) in [6.45, 7) is 0. The maximum Gasteiger partial charge on any atom is 0.162 e. The van der Waals surface area contributed by atoms with Crippen molar-refractivity contribution in [2.24, 2.45) is 0 Å². The molecule has 3 N–H and O–H groups in total. The van der Waals surface area contributed by atoms with E-state index in [0.717, 1.165) is 11.1 Å². The number of para-hydroxylation sites is 1. The molecule has 2 aromatic carbocycles. The van der Waals surface area contributed by atoms with E-state index < -0.39 is 5.03 Å². The lowest BCUT2D eigenvalue weighted by atomic mass is 10.0. The van der Waals surface area contributed by atoms with Crippen LogP contribution in [0.5, 0.6) is 0 Å². The van der Waals surface area contributed by atoms with Crippen molar-refractivity contribution < 1.29 is 10.5 Å². The first-order chi connectivity index (χ1) is 7.77. The molecule has 88 valence electrons. The van der Waals surface area contributed by atoms with Gasteiger partial charge in [-0.25, -0.2) is 10.1 Å².